The van der Waals surface area contributed by atoms with Gasteiger partial charge < -0.3 is 4.90 Å². The Morgan fingerprint density at radius 3 is 2.71 bits per heavy atom. The molecule has 2 atom stereocenters. The van der Waals surface area contributed by atoms with Crippen LogP contribution in [0.5, 0.6) is 0 Å². The Morgan fingerprint density at radius 2 is 2.00 bits per heavy atom. The van der Waals surface area contributed by atoms with Gasteiger partial charge in [0.25, 0.3) is 10.0 Å². The van der Waals surface area contributed by atoms with Crippen molar-refractivity contribution in [2.24, 2.45) is 5.92 Å². The number of amides is 1. The van der Waals surface area contributed by atoms with Crippen LogP contribution in [0.4, 0.5) is 0 Å². The minimum Gasteiger partial charge on any atom is -0.338 e. The van der Waals surface area contributed by atoms with Gasteiger partial charge in [0.1, 0.15) is 4.21 Å². The summed E-state index contributed by atoms with van der Waals surface area (Å²) >= 11 is 6.85. The van der Waals surface area contributed by atoms with E-state index in [-0.39, 0.29) is 16.7 Å². The molecule has 0 bridgehead atoms. The highest BCUT2D eigenvalue weighted by molar-refractivity contribution is 7.91. The molecule has 1 aliphatic carbocycles. The van der Waals surface area contributed by atoms with Gasteiger partial charge in [-0.05, 0) is 43.7 Å². The number of likely N-dealkylation sites (N-methyl/N-ethyl adjacent to an activating group) is 1. The fourth-order valence-electron chi connectivity index (χ4n) is 3.89. The highest BCUT2D eigenvalue weighted by Gasteiger charge is 2.36. The van der Waals surface area contributed by atoms with Crippen molar-refractivity contribution in [1.29, 1.82) is 0 Å². The van der Waals surface area contributed by atoms with Gasteiger partial charge >= 0.3 is 0 Å². The molecule has 0 radical (unpaired) electrons. The Hall–Kier alpha value is -0.630. The van der Waals surface area contributed by atoms with E-state index in [1.54, 1.807) is 6.07 Å². The molecule has 1 aliphatic heterocycles. The van der Waals surface area contributed by atoms with E-state index in [1.807, 2.05) is 4.90 Å². The molecule has 24 heavy (non-hydrogen) atoms. The van der Waals surface area contributed by atoms with Crippen molar-refractivity contribution in [3.63, 3.8) is 0 Å². The zero-order chi connectivity index (χ0) is 17.3. The maximum Gasteiger partial charge on any atom is 0.252 e. The van der Waals surface area contributed by atoms with Gasteiger partial charge in [0.2, 0.25) is 5.91 Å². The van der Waals surface area contributed by atoms with Crippen LogP contribution in [0.2, 0.25) is 4.34 Å². The lowest BCUT2D eigenvalue weighted by Crippen LogP contribution is -2.52. The van der Waals surface area contributed by atoms with Crippen LogP contribution in [0.1, 0.15) is 38.5 Å². The van der Waals surface area contributed by atoms with Crippen molar-refractivity contribution >= 4 is 38.9 Å². The molecule has 2 unspecified atom stereocenters. The van der Waals surface area contributed by atoms with Gasteiger partial charge in [-0.2, -0.15) is 4.31 Å². The molecule has 134 valence electrons. The molecular formula is C16H23ClN2O3S2. The van der Waals surface area contributed by atoms with Crippen LogP contribution in [-0.4, -0.2) is 49.7 Å². The molecule has 0 spiro atoms. The molecule has 1 aromatic rings. The number of piperidine rings is 1. The summed E-state index contributed by atoms with van der Waals surface area (Å²) in [6.07, 6.45) is 6.85. The summed E-state index contributed by atoms with van der Waals surface area (Å²) in [4.78, 5) is 14.7. The third-order valence-corrected chi connectivity index (χ3v) is 8.64. The molecule has 1 saturated carbocycles. The lowest BCUT2D eigenvalue weighted by molar-refractivity contribution is -0.137. The van der Waals surface area contributed by atoms with E-state index in [9.17, 15) is 13.2 Å². The smallest absolute Gasteiger partial charge is 0.252 e. The topological polar surface area (TPSA) is 57.7 Å². The maximum absolute atomic E-state index is 12.7. The predicted molar refractivity (Wildman–Crippen MR) is 95.8 cm³/mol. The number of fused-ring (bicyclic) bond motifs is 1. The Bertz CT molecular complexity index is 702. The summed E-state index contributed by atoms with van der Waals surface area (Å²) in [5, 5.41) is 0. The van der Waals surface area contributed by atoms with Crippen molar-refractivity contribution in [2.75, 3.05) is 20.1 Å². The number of carbonyl (C=O) groups is 1. The van der Waals surface area contributed by atoms with Crippen LogP contribution in [0, 0.1) is 5.92 Å². The van der Waals surface area contributed by atoms with E-state index in [4.69, 9.17) is 11.6 Å². The lowest BCUT2D eigenvalue weighted by atomic mass is 9.78. The normalized spacial score (nSPS) is 24.9. The van der Waals surface area contributed by atoms with E-state index in [1.165, 1.54) is 32.4 Å². The van der Waals surface area contributed by atoms with E-state index in [0.717, 1.165) is 41.4 Å². The fraction of sp³-hybridized carbons (Fsp3) is 0.688. The second kappa shape index (κ2) is 7.32. The standard InChI is InChI=1S/C16H23ClN2O3S2/c1-18(24(21,22)16-9-8-14(17)23-16)11-15(20)19-10-4-6-12-5-2-3-7-13(12)19/h8-9,12-13H,2-7,10-11H2,1H3. The van der Waals surface area contributed by atoms with Gasteiger partial charge in [-0.3, -0.25) is 4.79 Å². The molecule has 1 aromatic heterocycles. The number of sulfonamides is 1. The molecular weight excluding hydrogens is 368 g/mol. The SMILES string of the molecule is CN(CC(=O)N1CCCC2CCCCC21)S(=O)(=O)c1ccc(Cl)s1. The average Bonchev–Trinajstić information content (AvgIpc) is 3.01. The van der Waals surface area contributed by atoms with Gasteiger partial charge in [0.15, 0.2) is 0 Å². The molecule has 3 rings (SSSR count). The van der Waals surface area contributed by atoms with Crippen molar-refractivity contribution < 1.29 is 13.2 Å². The average molecular weight is 391 g/mol. The summed E-state index contributed by atoms with van der Waals surface area (Å²) in [6.45, 7) is 0.639. The van der Waals surface area contributed by atoms with Crippen LogP contribution in [-0.2, 0) is 14.8 Å². The van der Waals surface area contributed by atoms with Crippen LogP contribution in [0.15, 0.2) is 16.3 Å². The first kappa shape index (κ1) is 18.2. The quantitative estimate of drug-likeness (QED) is 0.793. The van der Waals surface area contributed by atoms with Crippen LogP contribution < -0.4 is 0 Å². The number of hydrogen-bond acceptors (Lipinski definition) is 4. The maximum atomic E-state index is 12.7. The van der Waals surface area contributed by atoms with Gasteiger partial charge in [-0.1, -0.05) is 24.4 Å². The summed E-state index contributed by atoms with van der Waals surface area (Å²) in [6, 6.07) is 3.35. The van der Waals surface area contributed by atoms with Crippen LogP contribution in [0.25, 0.3) is 0 Å². The first-order chi connectivity index (χ1) is 11.4. The van der Waals surface area contributed by atoms with Crippen molar-refractivity contribution in [3.05, 3.63) is 16.5 Å². The number of hydrogen-bond donors (Lipinski definition) is 0. The molecule has 1 amide bonds. The Kier molecular flexibility index (Phi) is 5.54. The summed E-state index contributed by atoms with van der Waals surface area (Å²) < 4.78 is 26.9. The van der Waals surface area contributed by atoms with Crippen LogP contribution in [0.3, 0.4) is 0 Å². The minimum atomic E-state index is -3.66. The van der Waals surface area contributed by atoms with Crippen LogP contribution >= 0.6 is 22.9 Å². The zero-order valence-electron chi connectivity index (χ0n) is 13.8. The minimum absolute atomic E-state index is 0.0830. The number of thiophene rings is 1. The first-order valence-corrected chi connectivity index (χ1v) is 11.0. The molecule has 5 nitrogen and oxygen atoms in total. The number of likely N-dealkylation sites (tertiary alicyclic amines) is 1. The molecule has 1 saturated heterocycles. The van der Waals surface area contributed by atoms with E-state index >= 15 is 0 Å². The van der Waals surface area contributed by atoms with Gasteiger partial charge in [0.05, 0.1) is 10.9 Å². The second-order valence-electron chi connectivity index (χ2n) is 6.66. The zero-order valence-corrected chi connectivity index (χ0v) is 16.2. The van der Waals surface area contributed by atoms with Crippen molar-refractivity contribution in [1.82, 2.24) is 9.21 Å². The Morgan fingerprint density at radius 1 is 1.29 bits per heavy atom. The second-order valence-corrected chi connectivity index (χ2v) is 10.6. The molecule has 8 heteroatoms. The Labute approximate surface area is 152 Å². The number of carbonyl (C=O) groups excluding carboxylic acids is 1. The number of nitrogens with zero attached hydrogens (tertiary/aromatic N) is 2. The lowest BCUT2D eigenvalue weighted by Gasteiger charge is -2.44. The Balaban J connectivity index is 1.69. The predicted octanol–water partition coefficient (Wildman–Crippen LogP) is 3.20. The molecule has 2 fully saturated rings. The first-order valence-electron chi connectivity index (χ1n) is 8.41. The van der Waals surface area contributed by atoms with Gasteiger partial charge in [0, 0.05) is 19.6 Å². The largest absolute Gasteiger partial charge is 0.338 e. The van der Waals surface area contributed by atoms with Crippen molar-refractivity contribution in [2.45, 2.75) is 48.8 Å². The molecule has 0 aromatic carbocycles. The molecule has 2 aliphatic rings. The third-order valence-electron chi connectivity index (χ3n) is 5.13. The highest BCUT2D eigenvalue weighted by Crippen LogP contribution is 2.35. The molecule has 2 heterocycles. The summed E-state index contributed by atoms with van der Waals surface area (Å²) in [7, 11) is -2.20. The number of halogens is 1. The van der Waals surface area contributed by atoms with E-state index < -0.39 is 10.0 Å². The monoisotopic (exact) mass is 390 g/mol. The highest BCUT2D eigenvalue weighted by atomic mass is 35.5. The van der Waals surface area contributed by atoms with Crippen molar-refractivity contribution in [3.8, 4) is 0 Å². The van der Waals surface area contributed by atoms with Gasteiger partial charge in [-0.25, -0.2) is 8.42 Å². The summed E-state index contributed by atoms with van der Waals surface area (Å²) in [5.74, 6) is 0.509. The molecule has 0 N–H and O–H groups in total. The van der Waals surface area contributed by atoms with E-state index in [0.29, 0.717) is 16.3 Å². The third kappa shape index (κ3) is 3.64. The fourth-order valence-corrected chi connectivity index (χ4v) is 6.70. The van der Waals surface area contributed by atoms with Gasteiger partial charge in [-0.15, -0.1) is 11.3 Å². The number of rotatable bonds is 4. The van der Waals surface area contributed by atoms with E-state index in [2.05, 4.69) is 0 Å². The summed E-state index contributed by atoms with van der Waals surface area (Å²) in [5.41, 5.74) is 0.